The molecular formula is C10H14O4. The number of carboxylic acids is 2. The highest BCUT2D eigenvalue weighted by Gasteiger charge is 2.05. The van der Waals surface area contributed by atoms with Crippen molar-refractivity contribution in [3.05, 3.63) is 23.3 Å². The Balaban J connectivity index is 4.79. The second-order valence-corrected chi connectivity index (χ2v) is 2.70. The monoisotopic (exact) mass is 198 g/mol. The molecule has 0 unspecified atom stereocenters. The zero-order chi connectivity index (χ0) is 11.1. The summed E-state index contributed by atoms with van der Waals surface area (Å²) in [6.07, 6.45) is 3.44. The first kappa shape index (κ1) is 12.4. The van der Waals surface area contributed by atoms with Gasteiger partial charge in [-0.05, 0) is 12.8 Å². The quantitative estimate of drug-likeness (QED) is 0.522. The first-order chi connectivity index (χ1) is 6.52. The Hall–Kier alpha value is -1.58. The first-order valence-electron chi connectivity index (χ1n) is 4.39. The van der Waals surface area contributed by atoms with Gasteiger partial charge < -0.3 is 10.2 Å². The molecule has 0 aromatic rings. The van der Waals surface area contributed by atoms with Crippen molar-refractivity contribution in [2.45, 2.75) is 26.7 Å². The van der Waals surface area contributed by atoms with E-state index in [4.69, 9.17) is 10.2 Å². The van der Waals surface area contributed by atoms with Crippen LogP contribution in [0.15, 0.2) is 23.3 Å². The SMILES string of the molecule is CCC(=CC=C(CC)C(=O)O)C(=O)O. The fourth-order valence-corrected chi connectivity index (χ4v) is 0.882. The zero-order valence-corrected chi connectivity index (χ0v) is 8.28. The third-order valence-electron chi connectivity index (χ3n) is 1.80. The van der Waals surface area contributed by atoms with Gasteiger partial charge in [0.05, 0.1) is 0 Å². The highest BCUT2D eigenvalue weighted by molar-refractivity contribution is 5.89. The number of allylic oxidation sites excluding steroid dienone is 2. The third kappa shape index (κ3) is 3.89. The van der Waals surface area contributed by atoms with E-state index >= 15 is 0 Å². The van der Waals surface area contributed by atoms with Gasteiger partial charge in [-0.1, -0.05) is 26.0 Å². The molecule has 0 aliphatic rings. The average molecular weight is 198 g/mol. The number of rotatable bonds is 5. The predicted molar refractivity (Wildman–Crippen MR) is 52.0 cm³/mol. The zero-order valence-electron chi connectivity index (χ0n) is 8.28. The number of hydrogen-bond acceptors (Lipinski definition) is 2. The fourth-order valence-electron chi connectivity index (χ4n) is 0.882. The minimum Gasteiger partial charge on any atom is -0.478 e. The molecule has 4 heteroatoms. The molecule has 0 aliphatic heterocycles. The average Bonchev–Trinajstić information content (AvgIpc) is 2.11. The highest BCUT2D eigenvalue weighted by Crippen LogP contribution is 2.05. The molecule has 0 aromatic heterocycles. The molecule has 0 atom stereocenters. The Morgan fingerprint density at radius 3 is 1.36 bits per heavy atom. The molecule has 0 fully saturated rings. The summed E-state index contributed by atoms with van der Waals surface area (Å²) in [5.74, 6) is -2.02. The Kier molecular flexibility index (Phi) is 5.29. The summed E-state index contributed by atoms with van der Waals surface area (Å²) in [6.45, 7) is 3.42. The fraction of sp³-hybridized carbons (Fsp3) is 0.400. The van der Waals surface area contributed by atoms with Crippen molar-refractivity contribution in [1.82, 2.24) is 0 Å². The Bertz CT molecular complexity index is 256. The van der Waals surface area contributed by atoms with Crippen LogP contribution >= 0.6 is 0 Å². The smallest absolute Gasteiger partial charge is 0.331 e. The van der Waals surface area contributed by atoms with E-state index in [1.54, 1.807) is 13.8 Å². The van der Waals surface area contributed by atoms with Crippen LogP contribution in [0.2, 0.25) is 0 Å². The molecule has 0 saturated carbocycles. The summed E-state index contributed by atoms with van der Waals surface area (Å²) < 4.78 is 0. The van der Waals surface area contributed by atoms with Crippen LogP contribution in [0.4, 0.5) is 0 Å². The molecule has 0 aliphatic carbocycles. The van der Waals surface area contributed by atoms with Crippen molar-refractivity contribution in [1.29, 1.82) is 0 Å². The van der Waals surface area contributed by atoms with Gasteiger partial charge in [0, 0.05) is 11.1 Å². The van der Waals surface area contributed by atoms with E-state index in [9.17, 15) is 9.59 Å². The lowest BCUT2D eigenvalue weighted by Gasteiger charge is -1.96. The van der Waals surface area contributed by atoms with Gasteiger partial charge in [0.2, 0.25) is 0 Å². The molecule has 0 radical (unpaired) electrons. The normalized spacial score (nSPS) is 12.7. The van der Waals surface area contributed by atoms with Crippen molar-refractivity contribution in [2.24, 2.45) is 0 Å². The predicted octanol–water partition coefficient (Wildman–Crippen LogP) is 1.83. The second kappa shape index (κ2) is 5.96. The lowest BCUT2D eigenvalue weighted by molar-refractivity contribution is -0.133. The Morgan fingerprint density at radius 1 is 0.929 bits per heavy atom. The minimum absolute atomic E-state index is 0.206. The summed E-state index contributed by atoms with van der Waals surface area (Å²) in [4.78, 5) is 21.1. The number of carbonyl (C=O) groups is 2. The van der Waals surface area contributed by atoms with E-state index in [0.717, 1.165) is 0 Å². The van der Waals surface area contributed by atoms with Crippen molar-refractivity contribution in [3.8, 4) is 0 Å². The molecule has 0 bridgehead atoms. The van der Waals surface area contributed by atoms with Crippen LogP contribution < -0.4 is 0 Å². The maximum absolute atomic E-state index is 10.6. The topological polar surface area (TPSA) is 74.6 Å². The molecular weight excluding hydrogens is 184 g/mol. The van der Waals surface area contributed by atoms with Crippen LogP contribution in [0.1, 0.15) is 26.7 Å². The molecule has 0 amide bonds. The van der Waals surface area contributed by atoms with Crippen molar-refractivity contribution >= 4 is 11.9 Å². The van der Waals surface area contributed by atoms with Gasteiger partial charge in [-0.3, -0.25) is 0 Å². The van der Waals surface area contributed by atoms with Crippen LogP contribution in [-0.4, -0.2) is 22.2 Å². The largest absolute Gasteiger partial charge is 0.478 e. The molecule has 14 heavy (non-hydrogen) atoms. The highest BCUT2D eigenvalue weighted by atomic mass is 16.4. The van der Waals surface area contributed by atoms with E-state index in [-0.39, 0.29) is 11.1 Å². The molecule has 0 heterocycles. The second-order valence-electron chi connectivity index (χ2n) is 2.70. The van der Waals surface area contributed by atoms with Crippen LogP contribution in [-0.2, 0) is 9.59 Å². The van der Waals surface area contributed by atoms with Crippen LogP contribution in [0.25, 0.3) is 0 Å². The van der Waals surface area contributed by atoms with E-state index in [1.165, 1.54) is 12.2 Å². The van der Waals surface area contributed by atoms with Gasteiger partial charge in [0.1, 0.15) is 0 Å². The maximum Gasteiger partial charge on any atom is 0.331 e. The molecule has 0 rings (SSSR count). The molecule has 4 nitrogen and oxygen atoms in total. The lowest BCUT2D eigenvalue weighted by atomic mass is 10.1. The lowest BCUT2D eigenvalue weighted by Crippen LogP contribution is -2.01. The third-order valence-corrected chi connectivity index (χ3v) is 1.80. The van der Waals surface area contributed by atoms with Gasteiger partial charge in [-0.25, -0.2) is 9.59 Å². The summed E-state index contributed by atoms with van der Waals surface area (Å²) >= 11 is 0. The van der Waals surface area contributed by atoms with Gasteiger partial charge in [0.25, 0.3) is 0 Å². The molecule has 0 spiro atoms. The van der Waals surface area contributed by atoms with Crippen LogP contribution in [0.3, 0.4) is 0 Å². The number of hydrogen-bond donors (Lipinski definition) is 2. The summed E-state index contributed by atoms with van der Waals surface area (Å²) in [5, 5.41) is 17.3. The van der Waals surface area contributed by atoms with Crippen molar-refractivity contribution < 1.29 is 19.8 Å². The first-order valence-corrected chi connectivity index (χ1v) is 4.39. The Morgan fingerprint density at radius 2 is 1.21 bits per heavy atom. The molecule has 0 saturated heterocycles. The van der Waals surface area contributed by atoms with E-state index < -0.39 is 11.9 Å². The van der Waals surface area contributed by atoms with Gasteiger partial charge in [-0.2, -0.15) is 0 Å². The van der Waals surface area contributed by atoms with Gasteiger partial charge >= 0.3 is 11.9 Å². The van der Waals surface area contributed by atoms with E-state index in [2.05, 4.69) is 0 Å². The number of aliphatic carboxylic acids is 2. The van der Waals surface area contributed by atoms with Gasteiger partial charge in [-0.15, -0.1) is 0 Å². The molecule has 78 valence electrons. The Labute approximate surface area is 82.6 Å². The van der Waals surface area contributed by atoms with Crippen LogP contribution in [0.5, 0.6) is 0 Å². The van der Waals surface area contributed by atoms with Crippen molar-refractivity contribution in [2.75, 3.05) is 0 Å². The molecule has 0 aromatic carbocycles. The summed E-state index contributed by atoms with van der Waals surface area (Å²) in [5.41, 5.74) is 0.411. The van der Waals surface area contributed by atoms with Crippen LogP contribution in [0, 0.1) is 0 Å². The summed E-state index contributed by atoms with van der Waals surface area (Å²) in [6, 6.07) is 0. The number of carboxylic acid groups (broad SMARTS) is 2. The minimum atomic E-state index is -1.01. The molecule has 2 N–H and O–H groups in total. The van der Waals surface area contributed by atoms with Gasteiger partial charge in [0.15, 0.2) is 0 Å². The van der Waals surface area contributed by atoms with Crippen molar-refractivity contribution in [3.63, 3.8) is 0 Å². The summed E-state index contributed by atoms with van der Waals surface area (Å²) in [7, 11) is 0. The maximum atomic E-state index is 10.6. The standard InChI is InChI=1S/C10H14O4/c1-3-7(9(11)12)5-6-8(4-2)10(13)14/h5-6H,3-4H2,1-2H3,(H,11,12)(H,13,14). The van der Waals surface area contributed by atoms with E-state index in [0.29, 0.717) is 12.8 Å². The van der Waals surface area contributed by atoms with E-state index in [1.807, 2.05) is 0 Å².